The molecule has 0 radical (unpaired) electrons. The van der Waals surface area contributed by atoms with Gasteiger partial charge in [0.05, 0.1) is 25.4 Å². The van der Waals surface area contributed by atoms with Gasteiger partial charge in [0.15, 0.2) is 6.29 Å². The van der Waals surface area contributed by atoms with Crippen molar-refractivity contribution >= 4 is 5.91 Å². The Morgan fingerprint density at radius 2 is 0.926 bits per heavy atom. The summed E-state index contributed by atoms with van der Waals surface area (Å²) in [6.45, 7) is 3.58. The van der Waals surface area contributed by atoms with Crippen molar-refractivity contribution in [2.24, 2.45) is 0 Å². The Morgan fingerprint density at radius 3 is 1.41 bits per heavy atom. The van der Waals surface area contributed by atoms with Crippen LogP contribution < -0.4 is 5.32 Å². The lowest BCUT2D eigenvalue weighted by atomic mass is 9.99. The molecule has 6 N–H and O–H groups in total. The molecule has 1 aliphatic heterocycles. The SMILES string of the molecule is CC/C=C\C/C=C\C/C=C\C/C=C\C/C=C\C/C=C\C/C=C\C/C=C\CCCCCCCCC(=O)NC(COC1OC(CO)C(O)C(O)C1O)C(O)/C=C/CC/C=C/CC/C=C/CCCCCC. The number of nitrogens with one attached hydrogen (secondary N) is 1. The molecule has 0 spiro atoms. The topological polar surface area (TPSA) is 149 Å². The Hall–Kier alpha value is -3.67. The van der Waals surface area contributed by atoms with Gasteiger partial charge in [-0.05, 0) is 109 Å². The Morgan fingerprint density at radius 1 is 0.515 bits per heavy atom. The van der Waals surface area contributed by atoms with E-state index in [9.17, 15) is 30.3 Å². The van der Waals surface area contributed by atoms with E-state index in [-0.39, 0.29) is 12.5 Å². The molecule has 7 atom stereocenters. The largest absolute Gasteiger partial charge is 0.394 e. The van der Waals surface area contributed by atoms with E-state index >= 15 is 0 Å². The second-order valence-corrected chi connectivity index (χ2v) is 17.6. The fourth-order valence-corrected chi connectivity index (χ4v) is 7.26. The predicted molar refractivity (Wildman–Crippen MR) is 285 cm³/mol. The molecule has 1 fully saturated rings. The van der Waals surface area contributed by atoms with Crippen molar-refractivity contribution in [1.29, 1.82) is 0 Å². The highest BCUT2D eigenvalue weighted by Gasteiger charge is 2.44. The van der Waals surface area contributed by atoms with E-state index in [0.29, 0.717) is 6.42 Å². The summed E-state index contributed by atoms with van der Waals surface area (Å²) in [4.78, 5) is 13.0. The molecule has 384 valence electrons. The highest BCUT2D eigenvalue weighted by Crippen LogP contribution is 2.22. The van der Waals surface area contributed by atoms with Gasteiger partial charge in [0.1, 0.15) is 24.4 Å². The third-order valence-corrected chi connectivity index (χ3v) is 11.4. The van der Waals surface area contributed by atoms with Crippen molar-refractivity contribution in [3.8, 4) is 0 Å². The lowest BCUT2D eigenvalue weighted by Gasteiger charge is -2.40. The molecule has 1 saturated heterocycles. The van der Waals surface area contributed by atoms with Gasteiger partial charge in [0.25, 0.3) is 0 Å². The van der Waals surface area contributed by atoms with Gasteiger partial charge >= 0.3 is 0 Å². The van der Waals surface area contributed by atoms with E-state index < -0.39 is 49.5 Å². The van der Waals surface area contributed by atoms with E-state index in [4.69, 9.17) is 9.47 Å². The minimum Gasteiger partial charge on any atom is -0.394 e. The molecule has 0 bridgehead atoms. The Bertz CT molecular complexity index is 1520. The van der Waals surface area contributed by atoms with E-state index in [0.717, 1.165) is 128 Å². The molecule has 1 rings (SSSR count). The normalized spacial score (nSPS) is 20.7. The first-order valence-corrected chi connectivity index (χ1v) is 26.4. The number of hydrogen-bond donors (Lipinski definition) is 6. The molecule has 1 aliphatic rings. The zero-order chi connectivity index (χ0) is 49.4. The molecule has 0 aromatic carbocycles. The number of allylic oxidation sites excluding steroid dienone is 21. The molecule has 1 heterocycles. The average molecular weight is 946 g/mol. The summed E-state index contributed by atoms with van der Waals surface area (Å²) in [5, 5.41) is 54.3. The molecule has 1 amide bonds. The van der Waals surface area contributed by atoms with Gasteiger partial charge in [-0.2, -0.15) is 0 Å². The van der Waals surface area contributed by atoms with Crippen LogP contribution in [0.25, 0.3) is 0 Å². The predicted octanol–water partition coefficient (Wildman–Crippen LogP) is 12.6. The van der Waals surface area contributed by atoms with Gasteiger partial charge < -0.3 is 40.3 Å². The van der Waals surface area contributed by atoms with Crippen molar-refractivity contribution < 1.29 is 39.8 Å². The van der Waals surface area contributed by atoms with Crippen LogP contribution in [0.15, 0.2) is 134 Å². The van der Waals surface area contributed by atoms with E-state index in [1.165, 1.54) is 25.7 Å². The summed E-state index contributed by atoms with van der Waals surface area (Å²) < 4.78 is 11.2. The van der Waals surface area contributed by atoms with Crippen LogP contribution >= 0.6 is 0 Å². The summed E-state index contributed by atoms with van der Waals surface area (Å²) in [6.07, 6.45) is 65.0. The number of amides is 1. The summed E-state index contributed by atoms with van der Waals surface area (Å²) in [6, 6.07) is -0.846. The standard InChI is InChI=1S/C59H95NO8/c1-3-5-7-9-11-13-15-17-19-20-21-22-23-24-25-26-27-28-29-30-31-32-33-34-35-37-39-41-43-45-47-49-55(63)60-52(51-67-59-58(66)57(65)56(64)54(50-61)68-59)53(62)48-46-44-42-40-38-36-18-16-14-12-10-8-6-4-2/h5,7,11,13-14,16-17,19,21-22,24-25,27-28,30-31,33-34,38,40,46,48,52-54,56-59,61-62,64-66H,3-4,6,8-10,12,15,18,20,23,26,29,32,35-37,39,41-45,47,49-51H2,1-2H3,(H,60,63)/b7-5-,13-11-,16-14+,19-17-,22-21-,25-24-,28-27-,31-30-,34-33-,40-38+,48-46+. The van der Waals surface area contributed by atoms with Crippen molar-refractivity contribution in [2.75, 3.05) is 13.2 Å². The maximum atomic E-state index is 13.0. The van der Waals surface area contributed by atoms with Crippen LogP contribution in [0.4, 0.5) is 0 Å². The third kappa shape index (κ3) is 36.3. The zero-order valence-corrected chi connectivity index (χ0v) is 42.3. The van der Waals surface area contributed by atoms with Gasteiger partial charge in [-0.25, -0.2) is 0 Å². The molecule has 0 aliphatic carbocycles. The minimum absolute atomic E-state index is 0.214. The number of hydrogen-bond acceptors (Lipinski definition) is 8. The molecular weight excluding hydrogens is 851 g/mol. The van der Waals surface area contributed by atoms with Crippen LogP contribution in [0, 0.1) is 0 Å². The Kier molecular flexibility index (Phi) is 43.1. The smallest absolute Gasteiger partial charge is 0.220 e. The number of aliphatic hydroxyl groups excluding tert-OH is 5. The quantitative estimate of drug-likeness (QED) is 0.0262. The molecule has 68 heavy (non-hydrogen) atoms. The first-order valence-electron chi connectivity index (χ1n) is 26.4. The van der Waals surface area contributed by atoms with Crippen LogP contribution in [-0.2, 0) is 14.3 Å². The van der Waals surface area contributed by atoms with Gasteiger partial charge in [-0.3, -0.25) is 4.79 Å². The molecule has 0 aromatic heterocycles. The van der Waals surface area contributed by atoms with Crippen molar-refractivity contribution in [3.63, 3.8) is 0 Å². The molecule has 9 nitrogen and oxygen atoms in total. The third-order valence-electron chi connectivity index (χ3n) is 11.4. The van der Waals surface area contributed by atoms with Crippen molar-refractivity contribution in [1.82, 2.24) is 5.32 Å². The molecule has 0 saturated carbocycles. The number of rotatable bonds is 42. The van der Waals surface area contributed by atoms with Crippen LogP contribution in [-0.4, -0.2) is 87.5 Å². The lowest BCUT2D eigenvalue weighted by molar-refractivity contribution is -0.302. The van der Waals surface area contributed by atoms with Crippen molar-refractivity contribution in [2.45, 2.75) is 217 Å². The number of aliphatic hydroxyl groups is 5. The Labute approximate surface area is 413 Å². The summed E-state index contributed by atoms with van der Waals surface area (Å²) in [5.41, 5.74) is 0. The monoisotopic (exact) mass is 946 g/mol. The number of unbranched alkanes of at least 4 members (excludes halogenated alkanes) is 12. The summed E-state index contributed by atoms with van der Waals surface area (Å²) in [5.74, 6) is -0.214. The maximum absolute atomic E-state index is 13.0. The highest BCUT2D eigenvalue weighted by atomic mass is 16.7. The molecule has 0 aromatic rings. The van der Waals surface area contributed by atoms with Crippen LogP contribution in [0.5, 0.6) is 0 Å². The van der Waals surface area contributed by atoms with Crippen molar-refractivity contribution in [3.05, 3.63) is 134 Å². The van der Waals surface area contributed by atoms with E-state index in [1.807, 2.05) is 6.08 Å². The first-order chi connectivity index (χ1) is 33.3. The van der Waals surface area contributed by atoms with Gasteiger partial charge in [0, 0.05) is 6.42 Å². The summed E-state index contributed by atoms with van der Waals surface area (Å²) >= 11 is 0. The molecular formula is C59H95NO8. The fourth-order valence-electron chi connectivity index (χ4n) is 7.26. The number of ether oxygens (including phenoxy) is 2. The van der Waals surface area contributed by atoms with Gasteiger partial charge in [-0.1, -0.05) is 192 Å². The second kappa shape index (κ2) is 47.0. The van der Waals surface area contributed by atoms with Gasteiger partial charge in [0.2, 0.25) is 5.91 Å². The maximum Gasteiger partial charge on any atom is 0.220 e. The lowest BCUT2D eigenvalue weighted by Crippen LogP contribution is -2.60. The average Bonchev–Trinajstić information content (AvgIpc) is 3.34. The summed E-state index contributed by atoms with van der Waals surface area (Å²) in [7, 11) is 0. The van der Waals surface area contributed by atoms with Crippen LogP contribution in [0.3, 0.4) is 0 Å². The second-order valence-electron chi connectivity index (χ2n) is 17.6. The van der Waals surface area contributed by atoms with Crippen LogP contribution in [0.1, 0.15) is 174 Å². The van der Waals surface area contributed by atoms with Gasteiger partial charge in [-0.15, -0.1) is 0 Å². The van der Waals surface area contributed by atoms with E-state index in [1.54, 1.807) is 6.08 Å². The first kappa shape index (κ1) is 62.3. The van der Waals surface area contributed by atoms with E-state index in [2.05, 4.69) is 141 Å². The zero-order valence-electron chi connectivity index (χ0n) is 42.3. The highest BCUT2D eigenvalue weighted by molar-refractivity contribution is 5.76. The van der Waals surface area contributed by atoms with Crippen LogP contribution in [0.2, 0.25) is 0 Å². The number of carbonyl (C=O) groups excluding carboxylic acids is 1. The fraction of sp³-hybridized carbons (Fsp3) is 0.610. The minimum atomic E-state index is -1.59. The molecule has 9 heteroatoms. The molecule has 7 unspecified atom stereocenters. The number of carbonyl (C=O) groups is 1. The Balaban J connectivity index is 2.28.